The molecule has 2 heterocycles. The SMILES string of the molecule is O=C(NC1CCCNC1)c1ccc(Cl)s1. The fraction of sp³-hybridized carbons (Fsp3) is 0.500. The van der Waals surface area contributed by atoms with Crippen LogP contribution in [-0.2, 0) is 0 Å². The molecule has 1 aliphatic rings. The minimum Gasteiger partial charge on any atom is -0.347 e. The smallest absolute Gasteiger partial charge is 0.261 e. The number of rotatable bonds is 2. The van der Waals surface area contributed by atoms with Gasteiger partial charge in [-0.05, 0) is 31.5 Å². The summed E-state index contributed by atoms with van der Waals surface area (Å²) in [5, 5.41) is 6.26. The number of amides is 1. The van der Waals surface area contributed by atoms with E-state index < -0.39 is 0 Å². The van der Waals surface area contributed by atoms with E-state index in [2.05, 4.69) is 10.6 Å². The van der Waals surface area contributed by atoms with Crippen LogP contribution in [0.15, 0.2) is 12.1 Å². The van der Waals surface area contributed by atoms with Crippen molar-refractivity contribution in [3.05, 3.63) is 21.3 Å². The number of carbonyl (C=O) groups is 1. The molecule has 0 aromatic carbocycles. The van der Waals surface area contributed by atoms with Gasteiger partial charge >= 0.3 is 0 Å². The zero-order valence-electron chi connectivity index (χ0n) is 8.25. The summed E-state index contributed by atoms with van der Waals surface area (Å²) in [4.78, 5) is 12.4. The van der Waals surface area contributed by atoms with Gasteiger partial charge in [0.25, 0.3) is 5.91 Å². The van der Waals surface area contributed by atoms with E-state index in [-0.39, 0.29) is 11.9 Å². The van der Waals surface area contributed by atoms with Crippen LogP contribution in [0.1, 0.15) is 22.5 Å². The van der Waals surface area contributed by atoms with Crippen LogP contribution in [0.25, 0.3) is 0 Å². The van der Waals surface area contributed by atoms with E-state index in [0.717, 1.165) is 25.9 Å². The summed E-state index contributed by atoms with van der Waals surface area (Å²) in [6.07, 6.45) is 2.17. The lowest BCUT2D eigenvalue weighted by Crippen LogP contribution is -2.45. The average Bonchev–Trinajstić information content (AvgIpc) is 2.66. The minimum atomic E-state index is -0.0133. The van der Waals surface area contributed by atoms with E-state index >= 15 is 0 Å². The van der Waals surface area contributed by atoms with Crippen molar-refractivity contribution in [1.29, 1.82) is 0 Å². The molecule has 1 aromatic rings. The van der Waals surface area contributed by atoms with Gasteiger partial charge in [0.2, 0.25) is 0 Å². The second kappa shape index (κ2) is 4.96. The highest BCUT2D eigenvalue weighted by Gasteiger charge is 2.17. The second-order valence-electron chi connectivity index (χ2n) is 3.62. The van der Waals surface area contributed by atoms with Crippen molar-refractivity contribution in [2.75, 3.05) is 13.1 Å². The van der Waals surface area contributed by atoms with Crippen LogP contribution in [0.2, 0.25) is 4.34 Å². The molecule has 82 valence electrons. The minimum absolute atomic E-state index is 0.0133. The molecule has 0 bridgehead atoms. The molecule has 2 rings (SSSR count). The van der Waals surface area contributed by atoms with Crippen LogP contribution in [-0.4, -0.2) is 25.0 Å². The van der Waals surface area contributed by atoms with Crippen molar-refractivity contribution in [3.8, 4) is 0 Å². The van der Waals surface area contributed by atoms with E-state index in [1.807, 2.05) is 0 Å². The van der Waals surface area contributed by atoms with Crippen LogP contribution in [0.5, 0.6) is 0 Å². The monoisotopic (exact) mass is 244 g/mol. The highest BCUT2D eigenvalue weighted by Crippen LogP contribution is 2.21. The van der Waals surface area contributed by atoms with Gasteiger partial charge in [-0.2, -0.15) is 0 Å². The highest BCUT2D eigenvalue weighted by molar-refractivity contribution is 7.17. The number of piperidine rings is 1. The first-order valence-corrected chi connectivity index (χ1v) is 6.22. The third-order valence-corrected chi connectivity index (χ3v) is 3.66. The van der Waals surface area contributed by atoms with Crippen molar-refractivity contribution < 1.29 is 4.79 Å². The molecule has 5 heteroatoms. The summed E-state index contributed by atoms with van der Waals surface area (Å²) in [6, 6.07) is 3.77. The number of thiophene rings is 1. The molecule has 1 fully saturated rings. The van der Waals surface area contributed by atoms with E-state index in [0.29, 0.717) is 9.21 Å². The van der Waals surface area contributed by atoms with Gasteiger partial charge in [0.15, 0.2) is 0 Å². The fourth-order valence-corrected chi connectivity index (χ4v) is 2.61. The maximum absolute atomic E-state index is 11.7. The molecule has 15 heavy (non-hydrogen) atoms. The topological polar surface area (TPSA) is 41.1 Å². The predicted molar refractivity (Wildman–Crippen MR) is 62.7 cm³/mol. The first kappa shape index (κ1) is 10.9. The van der Waals surface area contributed by atoms with Crippen molar-refractivity contribution >= 4 is 28.8 Å². The third-order valence-electron chi connectivity index (χ3n) is 2.43. The Morgan fingerprint density at radius 3 is 3.07 bits per heavy atom. The quantitative estimate of drug-likeness (QED) is 0.834. The molecule has 3 nitrogen and oxygen atoms in total. The Morgan fingerprint density at radius 2 is 2.47 bits per heavy atom. The fourth-order valence-electron chi connectivity index (χ4n) is 1.67. The van der Waals surface area contributed by atoms with Gasteiger partial charge < -0.3 is 10.6 Å². The maximum Gasteiger partial charge on any atom is 0.261 e. The van der Waals surface area contributed by atoms with Gasteiger partial charge in [-0.3, -0.25) is 4.79 Å². The van der Waals surface area contributed by atoms with E-state index in [9.17, 15) is 4.79 Å². The first-order chi connectivity index (χ1) is 7.25. The molecule has 1 aromatic heterocycles. The van der Waals surface area contributed by atoms with Gasteiger partial charge in [0.1, 0.15) is 0 Å². The Bertz CT molecular complexity index is 347. The first-order valence-electron chi connectivity index (χ1n) is 5.02. The van der Waals surface area contributed by atoms with Crippen LogP contribution in [0.4, 0.5) is 0 Å². The molecule has 1 atom stereocenters. The molecule has 0 aliphatic carbocycles. The zero-order valence-corrected chi connectivity index (χ0v) is 9.83. The summed E-state index contributed by atoms with van der Waals surface area (Å²) in [5.74, 6) is -0.0133. The molecule has 0 radical (unpaired) electrons. The molecule has 0 spiro atoms. The van der Waals surface area contributed by atoms with Crippen LogP contribution < -0.4 is 10.6 Å². The lowest BCUT2D eigenvalue weighted by Gasteiger charge is -2.23. The van der Waals surface area contributed by atoms with Gasteiger partial charge in [-0.1, -0.05) is 11.6 Å². The number of halogens is 1. The van der Waals surface area contributed by atoms with Crippen molar-refractivity contribution in [2.24, 2.45) is 0 Å². The molecular formula is C10H13ClN2OS. The van der Waals surface area contributed by atoms with Crippen molar-refractivity contribution in [1.82, 2.24) is 10.6 Å². The summed E-state index contributed by atoms with van der Waals surface area (Å²) in [6.45, 7) is 1.92. The van der Waals surface area contributed by atoms with E-state index in [4.69, 9.17) is 11.6 Å². The van der Waals surface area contributed by atoms with Gasteiger partial charge in [-0.25, -0.2) is 0 Å². The predicted octanol–water partition coefficient (Wildman–Crippen LogP) is 1.88. The largest absolute Gasteiger partial charge is 0.347 e. The Hall–Kier alpha value is -0.580. The molecule has 1 saturated heterocycles. The summed E-state index contributed by atoms with van der Waals surface area (Å²) in [5.41, 5.74) is 0. The average molecular weight is 245 g/mol. The third kappa shape index (κ3) is 2.93. The number of nitrogens with one attached hydrogen (secondary N) is 2. The molecule has 1 aliphatic heterocycles. The standard InChI is InChI=1S/C10H13ClN2OS/c11-9-4-3-8(15-9)10(14)13-7-2-1-5-12-6-7/h3-4,7,12H,1-2,5-6H2,(H,13,14). The molecule has 1 amide bonds. The summed E-state index contributed by atoms with van der Waals surface area (Å²) in [7, 11) is 0. The highest BCUT2D eigenvalue weighted by atomic mass is 35.5. The number of carbonyl (C=O) groups excluding carboxylic acids is 1. The maximum atomic E-state index is 11.7. The molecular weight excluding hydrogens is 232 g/mol. The molecule has 2 N–H and O–H groups in total. The van der Waals surface area contributed by atoms with Gasteiger partial charge in [0.05, 0.1) is 9.21 Å². The lowest BCUT2D eigenvalue weighted by atomic mass is 10.1. The van der Waals surface area contributed by atoms with Crippen LogP contribution in [0, 0.1) is 0 Å². The normalized spacial score (nSPS) is 21.3. The Balaban J connectivity index is 1.91. The summed E-state index contributed by atoms with van der Waals surface area (Å²) >= 11 is 7.09. The molecule has 1 unspecified atom stereocenters. The number of hydrogen-bond donors (Lipinski definition) is 2. The van der Waals surface area contributed by atoms with E-state index in [1.54, 1.807) is 12.1 Å². The van der Waals surface area contributed by atoms with Crippen LogP contribution in [0.3, 0.4) is 0 Å². The summed E-state index contributed by atoms with van der Waals surface area (Å²) < 4.78 is 0.655. The van der Waals surface area contributed by atoms with Gasteiger partial charge in [-0.15, -0.1) is 11.3 Å². The van der Waals surface area contributed by atoms with E-state index in [1.165, 1.54) is 11.3 Å². The molecule has 0 saturated carbocycles. The Morgan fingerprint density at radius 1 is 1.60 bits per heavy atom. The van der Waals surface area contributed by atoms with Crippen molar-refractivity contribution in [3.63, 3.8) is 0 Å². The Labute approximate surface area is 97.8 Å². The van der Waals surface area contributed by atoms with Gasteiger partial charge in [0, 0.05) is 12.6 Å². The zero-order chi connectivity index (χ0) is 10.7. The van der Waals surface area contributed by atoms with Crippen LogP contribution >= 0.6 is 22.9 Å². The second-order valence-corrected chi connectivity index (χ2v) is 5.34. The Kier molecular flexibility index (Phi) is 3.61. The lowest BCUT2D eigenvalue weighted by molar-refractivity contribution is 0.0935. The van der Waals surface area contributed by atoms with Crippen molar-refractivity contribution in [2.45, 2.75) is 18.9 Å². The number of hydrogen-bond acceptors (Lipinski definition) is 3.